The van der Waals surface area contributed by atoms with E-state index in [1.807, 2.05) is 30.3 Å². The van der Waals surface area contributed by atoms with Gasteiger partial charge < -0.3 is 34.9 Å². The van der Waals surface area contributed by atoms with Gasteiger partial charge >= 0.3 is 5.97 Å². The summed E-state index contributed by atoms with van der Waals surface area (Å²) in [5, 5.41) is 25.7. The first kappa shape index (κ1) is 36.4. The minimum atomic E-state index is -0.956. The lowest BCUT2D eigenvalue weighted by Crippen LogP contribution is -2.15. The van der Waals surface area contributed by atoms with Crippen molar-refractivity contribution in [3.05, 3.63) is 113 Å². The molecular weight excluding hydrogens is 622 g/mol. The van der Waals surface area contributed by atoms with Gasteiger partial charge in [-0.3, -0.25) is 9.78 Å². The SMILES string of the molecule is C=C.C[C@@H](CO)C(=O)O.Cc1c(COc2cc(OCc3cncc(C#N)c3)c(CN)cc2Cl)cccc1-c1ccc2c(c1)OCCO2. The zero-order valence-corrected chi connectivity index (χ0v) is 27.1. The van der Waals surface area contributed by atoms with Crippen LogP contribution in [0.15, 0.2) is 80.1 Å². The Balaban J connectivity index is 0.000000593. The van der Waals surface area contributed by atoms with Crippen molar-refractivity contribution in [2.45, 2.75) is 33.6 Å². The second kappa shape index (κ2) is 18.2. The second-order valence-corrected chi connectivity index (χ2v) is 10.6. The summed E-state index contributed by atoms with van der Waals surface area (Å²) in [5.74, 6) is 0.995. The summed E-state index contributed by atoms with van der Waals surface area (Å²) >= 11 is 6.53. The number of carboxylic acid groups (broad SMARTS) is 1. The number of ether oxygens (including phenoxy) is 4. The predicted molar refractivity (Wildman–Crippen MR) is 180 cm³/mol. The van der Waals surface area contributed by atoms with Crippen LogP contribution >= 0.6 is 11.6 Å². The minimum Gasteiger partial charge on any atom is -0.488 e. The van der Waals surface area contributed by atoms with E-state index in [9.17, 15) is 4.79 Å². The monoisotopic (exact) mass is 659 g/mol. The fourth-order valence-corrected chi connectivity index (χ4v) is 4.61. The highest BCUT2D eigenvalue weighted by Crippen LogP contribution is 2.37. The van der Waals surface area contributed by atoms with Crippen molar-refractivity contribution in [2.24, 2.45) is 11.7 Å². The number of carbonyl (C=O) groups is 1. The van der Waals surface area contributed by atoms with Gasteiger partial charge in [0, 0.05) is 36.1 Å². The number of aliphatic hydroxyl groups is 1. The van der Waals surface area contributed by atoms with Crippen molar-refractivity contribution in [1.29, 1.82) is 5.26 Å². The number of pyridine rings is 1. The Bertz CT molecular complexity index is 1710. The quantitative estimate of drug-likeness (QED) is 0.161. The van der Waals surface area contributed by atoms with E-state index < -0.39 is 11.9 Å². The fourth-order valence-electron chi connectivity index (χ4n) is 4.37. The van der Waals surface area contributed by atoms with Gasteiger partial charge in [-0.15, -0.1) is 13.2 Å². The molecule has 1 aromatic heterocycles. The summed E-state index contributed by atoms with van der Waals surface area (Å²) in [5.41, 5.74) is 12.2. The van der Waals surface area contributed by atoms with Crippen LogP contribution in [-0.4, -0.2) is 41.0 Å². The van der Waals surface area contributed by atoms with Gasteiger partial charge in [-0.05, 0) is 60.4 Å². The van der Waals surface area contributed by atoms with E-state index in [1.54, 1.807) is 24.4 Å². The van der Waals surface area contributed by atoms with Crippen molar-refractivity contribution < 1.29 is 34.0 Å². The molecule has 4 aromatic rings. The molecule has 1 aliphatic rings. The number of aliphatic hydroxyl groups excluding tert-OH is 1. The van der Waals surface area contributed by atoms with E-state index in [2.05, 4.69) is 37.2 Å². The zero-order chi connectivity index (χ0) is 34.3. The van der Waals surface area contributed by atoms with Gasteiger partial charge in [0.05, 0.1) is 23.1 Å². The van der Waals surface area contributed by atoms with Gasteiger partial charge in [0.25, 0.3) is 0 Å². The van der Waals surface area contributed by atoms with Crippen LogP contribution < -0.4 is 24.7 Å². The summed E-state index contributed by atoms with van der Waals surface area (Å²) < 4.78 is 23.6. The van der Waals surface area contributed by atoms with E-state index in [-0.39, 0.29) is 19.8 Å². The number of fused-ring (bicyclic) bond motifs is 1. The fraction of sp³-hybridized carbons (Fsp3) is 0.250. The highest BCUT2D eigenvalue weighted by Gasteiger charge is 2.16. The number of aromatic nitrogens is 1. The van der Waals surface area contributed by atoms with Crippen LogP contribution in [0.1, 0.15) is 34.7 Å². The standard InChI is InChI=1S/C30H26ClN3O4.C4H8O3.C2H4/c1-19-23(3-2-4-25(19)22-5-6-27-30(11-22)36-8-7-35-27)18-38-29-12-28(24(14-33)10-26(29)31)37-17-21-9-20(13-32)15-34-16-21;1-3(2-5)4(6)7;1-2/h2-6,9-12,15-16H,7-8,14,17-18,33H2,1H3;3,5H,2H2,1H3,(H,6,7);1-2H2/t;3-;/m.0./s1. The van der Waals surface area contributed by atoms with Gasteiger partial charge in [0.1, 0.15) is 44.0 Å². The normalized spacial score (nSPS) is 11.8. The largest absolute Gasteiger partial charge is 0.488 e. The van der Waals surface area contributed by atoms with Crippen molar-refractivity contribution in [3.8, 4) is 40.2 Å². The number of carboxylic acids is 1. The smallest absolute Gasteiger partial charge is 0.308 e. The first-order chi connectivity index (χ1) is 22.7. The van der Waals surface area contributed by atoms with Gasteiger partial charge in [0.15, 0.2) is 11.5 Å². The second-order valence-electron chi connectivity index (χ2n) is 10.2. The molecule has 0 unspecified atom stereocenters. The summed E-state index contributed by atoms with van der Waals surface area (Å²) in [6, 6.07) is 19.4. The van der Waals surface area contributed by atoms with Crippen LogP contribution in [0.5, 0.6) is 23.0 Å². The van der Waals surface area contributed by atoms with Gasteiger partial charge in [-0.2, -0.15) is 5.26 Å². The molecule has 1 aliphatic heterocycles. The molecule has 3 aromatic carbocycles. The van der Waals surface area contributed by atoms with Crippen LogP contribution in [0, 0.1) is 24.2 Å². The molecule has 246 valence electrons. The van der Waals surface area contributed by atoms with E-state index in [0.717, 1.165) is 44.9 Å². The summed E-state index contributed by atoms with van der Waals surface area (Å²) in [4.78, 5) is 13.8. The third kappa shape index (κ3) is 9.95. The van der Waals surface area contributed by atoms with Crippen molar-refractivity contribution >= 4 is 17.6 Å². The highest BCUT2D eigenvalue weighted by molar-refractivity contribution is 6.32. The molecule has 5 rings (SSSR count). The number of halogens is 1. The summed E-state index contributed by atoms with van der Waals surface area (Å²) in [6.45, 7) is 11.1. The Morgan fingerprint density at radius 3 is 2.43 bits per heavy atom. The van der Waals surface area contributed by atoms with Gasteiger partial charge in [-0.1, -0.05) is 35.9 Å². The highest BCUT2D eigenvalue weighted by atomic mass is 35.5. The van der Waals surface area contributed by atoms with Crippen molar-refractivity contribution in [2.75, 3.05) is 19.8 Å². The maximum Gasteiger partial charge on any atom is 0.308 e. The average Bonchev–Trinajstić information content (AvgIpc) is 3.11. The molecular formula is C36H38ClN3O7. The third-order valence-electron chi connectivity index (χ3n) is 7.03. The number of aliphatic carboxylic acids is 1. The molecule has 47 heavy (non-hydrogen) atoms. The minimum absolute atomic E-state index is 0.229. The Hall–Kier alpha value is -5.08. The lowest BCUT2D eigenvalue weighted by atomic mass is 9.96. The number of hydrogen-bond donors (Lipinski definition) is 3. The molecule has 0 fully saturated rings. The van der Waals surface area contributed by atoms with Crippen LogP contribution in [0.2, 0.25) is 5.02 Å². The molecule has 0 saturated heterocycles. The topological polar surface area (TPSA) is 157 Å². The molecule has 1 atom stereocenters. The first-order valence-electron chi connectivity index (χ1n) is 14.7. The molecule has 11 heteroatoms. The Morgan fingerprint density at radius 2 is 1.77 bits per heavy atom. The zero-order valence-electron chi connectivity index (χ0n) is 26.4. The van der Waals surface area contributed by atoms with Gasteiger partial charge in [-0.25, -0.2) is 0 Å². The van der Waals surface area contributed by atoms with Crippen LogP contribution in [0.4, 0.5) is 0 Å². The summed E-state index contributed by atoms with van der Waals surface area (Å²) in [6.07, 6.45) is 3.17. The van der Waals surface area contributed by atoms with Crippen LogP contribution in [0.3, 0.4) is 0 Å². The van der Waals surface area contributed by atoms with E-state index >= 15 is 0 Å². The molecule has 4 N–H and O–H groups in total. The van der Waals surface area contributed by atoms with Crippen LogP contribution in [0.25, 0.3) is 11.1 Å². The number of nitriles is 1. The number of nitrogens with two attached hydrogens (primary N) is 1. The summed E-state index contributed by atoms with van der Waals surface area (Å²) in [7, 11) is 0. The lowest BCUT2D eigenvalue weighted by Gasteiger charge is -2.20. The molecule has 0 spiro atoms. The Kier molecular flexibility index (Phi) is 14.1. The number of nitrogens with zero attached hydrogens (tertiary/aromatic N) is 2. The van der Waals surface area contributed by atoms with Crippen molar-refractivity contribution in [3.63, 3.8) is 0 Å². The van der Waals surface area contributed by atoms with E-state index in [1.165, 1.54) is 13.1 Å². The molecule has 0 saturated carbocycles. The Morgan fingerprint density at radius 1 is 1.04 bits per heavy atom. The molecule has 0 bridgehead atoms. The molecule has 0 aliphatic carbocycles. The maximum atomic E-state index is 9.77. The van der Waals surface area contributed by atoms with Gasteiger partial charge in [0.2, 0.25) is 0 Å². The average molecular weight is 660 g/mol. The lowest BCUT2D eigenvalue weighted by molar-refractivity contribution is -0.142. The third-order valence-corrected chi connectivity index (χ3v) is 7.33. The van der Waals surface area contributed by atoms with Crippen LogP contribution in [-0.2, 0) is 24.6 Å². The molecule has 2 heterocycles. The molecule has 10 nitrogen and oxygen atoms in total. The predicted octanol–water partition coefficient (Wildman–Crippen LogP) is 6.47. The molecule has 0 radical (unpaired) electrons. The van der Waals surface area contributed by atoms with E-state index in [0.29, 0.717) is 41.9 Å². The molecule has 0 amide bonds. The van der Waals surface area contributed by atoms with E-state index in [4.69, 9.17) is 51.8 Å². The number of hydrogen-bond acceptors (Lipinski definition) is 9. The first-order valence-corrected chi connectivity index (χ1v) is 15.1. The number of benzene rings is 3. The Labute approximate surface area is 279 Å². The number of rotatable bonds is 10. The van der Waals surface area contributed by atoms with Crippen molar-refractivity contribution in [1.82, 2.24) is 4.98 Å². The maximum absolute atomic E-state index is 9.77.